The molecule has 74 valence electrons. The van der Waals surface area contributed by atoms with Crippen LogP contribution in [0.25, 0.3) is 10.1 Å². The van der Waals surface area contributed by atoms with E-state index in [0.717, 1.165) is 22.1 Å². The molecule has 0 atom stereocenters. The Balaban J connectivity index is 2.73. The number of aryl methyl sites for hydroxylation is 1. The zero-order chi connectivity index (χ0) is 10.1. The van der Waals surface area contributed by atoms with E-state index in [1.54, 1.807) is 17.4 Å². The Morgan fingerprint density at radius 1 is 1.43 bits per heavy atom. The van der Waals surface area contributed by atoms with Gasteiger partial charge in [0.2, 0.25) is 0 Å². The van der Waals surface area contributed by atoms with Crippen molar-refractivity contribution in [1.82, 2.24) is 0 Å². The summed E-state index contributed by atoms with van der Waals surface area (Å²) in [6.07, 6.45) is 1.02. The molecule has 1 aromatic carbocycles. The SMILES string of the molecule is CCc1cc2ccc(F)c(CBr)c2s1. The number of hydrogen-bond donors (Lipinski definition) is 0. The van der Waals surface area contributed by atoms with Gasteiger partial charge in [-0.1, -0.05) is 28.9 Å². The minimum absolute atomic E-state index is 0.112. The van der Waals surface area contributed by atoms with Gasteiger partial charge in [-0.05, 0) is 23.9 Å². The normalized spacial score (nSPS) is 11.1. The highest BCUT2D eigenvalue weighted by molar-refractivity contribution is 9.08. The van der Waals surface area contributed by atoms with Crippen LogP contribution in [0.15, 0.2) is 18.2 Å². The molecule has 1 heterocycles. The third-order valence-electron chi connectivity index (χ3n) is 2.27. The fraction of sp³-hybridized carbons (Fsp3) is 0.273. The molecule has 0 N–H and O–H groups in total. The molecule has 0 saturated heterocycles. The summed E-state index contributed by atoms with van der Waals surface area (Å²) >= 11 is 5.02. The number of hydrogen-bond acceptors (Lipinski definition) is 1. The smallest absolute Gasteiger partial charge is 0.128 e. The first-order valence-electron chi connectivity index (χ1n) is 4.52. The average Bonchev–Trinajstić information content (AvgIpc) is 2.60. The lowest BCUT2D eigenvalue weighted by Crippen LogP contribution is -1.84. The standard InChI is InChI=1S/C11H10BrFS/c1-2-8-5-7-3-4-10(13)9(6-12)11(7)14-8/h3-5H,2,6H2,1H3. The van der Waals surface area contributed by atoms with Crippen molar-refractivity contribution in [3.8, 4) is 0 Å². The quantitative estimate of drug-likeness (QED) is 0.707. The number of benzene rings is 1. The van der Waals surface area contributed by atoms with Gasteiger partial charge in [0, 0.05) is 20.5 Å². The highest BCUT2D eigenvalue weighted by atomic mass is 79.9. The number of thiophene rings is 1. The molecule has 3 heteroatoms. The number of rotatable bonds is 2. The summed E-state index contributed by atoms with van der Waals surface area (Å²) in [6, 6.07) is 5.54. The lowest BCUT2D eigenvalue weighted by atomic mass is 10.1. The summed E-state index contributed by atoms with van der Waals surface area (Å²) in [6.45, 7) is 2.12. The summed E-state index contributed by atoms with van der Waals surface area (Å²) < 4.78 is 14.5. The molecule has 0 unspecified atom stereocenters. The predicted octanol–water partition coefficient (Wildman–Crippen LogP) is 4.50. The molecule has 0 aliphatic carbocycles. The maximum absolute atomic E-state index is 13.4. The van der Waals surface area contributed by atoms with Crippen LogP contribution in [-0.4, -0.2) is 0 Å². The summed E-state index contributed by atoms with van der Waals surface area (Å²) in [5, 5.41) is 1.74. The molecule has 0 aliphatic heterocycles. The van der Waals surface area contributed by atoms with Crippen LogP contribution in [0, 0.1) is 5.82 Å². The van der Waals surface area contributed by atoms with Crippen LogP contribution in [0.2, 0.25) is 0 Å². The van der Waals surface area contributed by atoms with E-state index in [9.17, 15) is 4.39 Å². The Hall–Kier alpha value is -0.410. The zero-order valence-corrected chi connectivity index (χ0v) is 10.2. The van der Waals surface area contributed by atoms with E-state index in [-0.39, 0.29) is 5.82 Å². The topological polar surface area (TPSA) is 0 Å². The number of fused-ring (bicyclic) bond motifs is 1. The second-order valence-corrected chi connectivity index (χ2v) is 4.84. The molecule has 14 heavy (non-hydrogen) atoms. The molecule has 0 aliphatic rings. The van der Waals surface area contributed by atoms with E-state index < -0.39 is 0 Å². The van der Waals surface area contributed by atoms with Gasteiger partial charge in [0.25, 0.3) is 0 Å². The second-order valence-electron chi connectivity index (χ2n) is 3.14. The Labute approximate surface area is 94.9 Å². The maximum Gasteiger partial charge on any atom is 0.128 e. The first-order chi connectivity index (χ1) is 6.76. The van der Waals surface area contributed by atoms with Crippen LogP contribution in [-0.2, 0) is 11.8 Å². The number of alkyl halides is 1. The van der Waals surface area contributed by atoms with Gasteiger partial charge in [-0.3, -0.25) is 0 Å². The second kappa shape index (κ2) is 3.99. The van der Waals surface area contributed by atoms with Crippen LogP contribution in [0.5, 0.6) is 0 Å². The van der Waals surface area contributed by atoms with E-state index in [2.05, 4.69) is 28.9 Å². The predicted molar refractivity (Wildman–Crippen MR) is 63.8 cm³/mol. The first kappa shape index (κ1) is 10.1. The average molecular weight is 273 g/mol. The minimum atomic E-state index is -0.112. The van der Waals surface area contributed by atoms with Crippen molar-refractivity contribution in [2.75, 3.05) is 0 Å². The van der Waals surface area contributed by atoms with E-state index in [1.807, 2.05) is 6.07 Å². The molecule has 0 nitrogen and oxygen atoms in total. The molecule has 0 radical (unpaired) electrons. The van der Waals surface area contributed by atoms with Crippen molar-refractivity contribution < 1.29 is 4.39 Å². The molecule has 2 rings (SSSR count). The monoisotopic (exact) mass is 272 g/mol. The lowest BCUT2D eigenvalue weighted by Gasteiger charge is -1.99. The molecule has 0 bridgehead atoms. The Morgan fingerprint density at radius 3 is 2.86 bits per heavy atom. The van der Waals surface area contributed by atoms with Crippen molar-refractivity contribution in [3.05, 3.63) is 34.5 Å². The summed E-state index contributed by atoms with van der Waals surface area (Å²) in [5.41, 5.74) is 0.784. The highest BCUT2D eigenvalue weighted by Crippen LogP contribution is 2.31. The fourth-order valence-corrected chi connectivity index (χ4v) is 3.35. The highest BCUT2D eigenvalue weighted by Gasteiger charge is 2.09. The largest absolute Gasteiger partial charge is 0.207 e. The Kier molecular flexibility index (Phi) is 2.88. The molecular formula is C11H10BrFS. The Bertz CT molecular complexity index is 462. The lowest BCUT2D eigenvalue weighted by molar-refractivity contribution is 0.620. The van der Waals surface area contributed by atoms with Gasteiger partial charge in [-0.15, -0.1) is 11.3 Å². The summed E-state index contributed by atoms with van der Waals surface area (Å²) in [5.74, 6) is -0.112. The van der Waals surface area contributed by atoms with Crippen molar-refractivity contribution in [1.29, 1.82) is 0 Å². The van der Waals surface area contributed by atoms with Crippen molar-refractivity contribution in [2.45, 2.75) is 18.7 Å². The summed E-state index contributed by atoms with van der Waals surface area (Å²) in [4.78, 5) is 1.31. The van der Waals surface area contributed by atoms with E-state index in [0.29, 0.717) is 5.33 Å². The van der Waals surface area contributed by atoms with Gasteiger partial charge in [0.05, 0.1) is 0 Å². The van der Waals surface area contributed by atoms with Crippen molar-refractivity contribution in [3.63, 3.8) is 0 Å². The molecule has 1 aromatic heterocycles. The van der Waals surface area contributed by atoms with Gasteiger partial charge in [-0.2, -0.15) is 0 Å². The Morgan fingerprint density at radius 2 is 2.21 bits per heavy atom. The molecule has 0 saturated carbocycles. The van der Waals surface area contributed by atoms with Gasteiger partial charge in [0.15, 0.2) is 0 Å². The van der Waals surface area contributed by atoms with Gasteiger partial charge < -0.3 is 0 Å². The fourth-order valence-electron chi connectivity index (χ4n) is 1.49. The molecule has 2 aromatic rings. The van der Waals surface area contributed by atoms with Crippen LogP contribution >= 0.6 is 27.3 Å². The van der Waals surface area contributed by atoms with Gasteiger partial charge >= 0.3 is 0 Å². The molecule has 0 spiro atoms. The first-order valence-corrected chi connectivity index (χ1v) is 6.45. The van der Waals surface area contributed by atoms with Crippen LogP contribution < -0.4 is 0 Å². The third-order valence-corrected chi connectivity index (χ3v) is 4.18. The zero-order valence-electron chi connectivity index (χ0n) is 7.81. The van der Waals surface area contributed by atoms with Crippen molar-refractivity contribution >= 4 is 37.4 Å². The van der Waals surface area contributed by atoms with Crippen molar-refractivity contribution in [2.24, 2.45) is 0 Å². The van der Waals surface area contributed by atoms with Crippen LogP contribution in [0.4, 0.5) is 4.39 Å². The van der Waals surface area contributed by atoms with Crippen LogP contribution in [0.1, 0.15) is 17.4 Å². The molecule has 0 fully saturated rings. The summed E-state index contributed by atoms with van der Waals surface area (Å²) in [7, 11) is 0. The van der Waals surface area contributed by atoms with Gasteiger partial charge in [-0.25, -0.2) is 4.39 Å². The molecular weight excluding hydrogens is 263 g/mol. The number of halogens is 2. The minimum Gasteiger partial charge on any atom is -0.207 e. The maximum atomic E-state index is 13.4. The van der Waals surface area contributed by atoms with E-state index in [4.69, 9.17) is 0 Å². The van der Waals surface area contributed by atoms with Gasteiger partial charge in [0.1, 0.15) is 5.82 Å². The molecule has 0 amide bonds. The van der Waals surface area contributed by atoms with Crippen LogP contribution in [0.3, 0.4) is 0 Å². The third kappa shape index (κ3) is 1.59. The van der Waals surface area contributed by atoms with E-state index in [1.165, 1.54) is 4.88 Å². The van der Waals surface area contributed by atoms with E-state index >= 15 is 0 Å².